The van der Waals surface area contributed by atoms with Crippen LogP contribution in [0, 0.1) is 6.92 Å². The van der Waals surface area contributed by atoms with Crippen molar-refractivity contribution in [2.75, 3.05) is 19.8 Å². The second-order valence-electron chi connectivity index (χ2n) is 6.82. The summed E-state index contributed by atoms with van der Waals surface area (Å²) in [6.45, 7) is 3.89. The van der Waals surface area contributed by atoms with Crippen molar-refractivity contribution >= 4 is 29.5 Å². The smallest absolute Gasteiger partial charge is 0.340 e. The number of hydrogen-bond donors (Lipinski definition) is 1. The molecule has 2 amide bonds. The van der Waals surface area contributed by atoms with Crippen LogP contribution < -0.4 is 5.32 Å². The van der Waals surface area contributed by atoms with Crippen LogP contribution in [0.5, 0.6) is 0 Å². The third-order valence-electron chi connectivity index (χ3n) is 4.20. The molecule has 7 heteroatoms. The van der Waals surface area contributed by atoms with Gasteiger partial charge in [-0.1, -0.05) is 42.0 Å². The quantitative estimate of drug-likeness (QED) is 0.531. The second kappa shape index (κ2) is 10.7. The van der Waals surface area contributed by atoms with E-state index in [-0.39, 0.29) is 17.6 Å². The molecule has 0 aromatic heterocycles. The lowest BCUT2D eigenvalue weighted by molar-refractivity contribution is -0.129. The standard InChI is InChI=1S/C22H26N2O4S/c1-15-9-11-17(12-10-15)13-23-21(26)16(2)28-22(27)18-7-5-6-8-19(18)29-14-20(25)24(3)4/h5-12,16H,13-14H2,1-4H3,(H,23,26)/t16-/m0/s1. The van der Waals surface area contributed by atoms with Crippen molar-refractivity contribution in [1.29, 1.82) is 0 Å². The SMILES string of the molecule is Cc1ccc(CNC(=O)[C@H](C)OC(=O)c2ccccc2SCC(=O)N(C)C)cc1. The number of carbonyl (C=O) groups excluding carboxylic acids is 3. The number of nitrogens with one attached hydrogen (secondary N) is 1. The van der Waals surface area contributed by atoms with Crippen LogP contribution in [0.4, 0.5) is 0 Å². The molecular formula is C22H26N2O4S. The largest absolute Gasteiger partial charge is 0.449 e. The first kappa shape index (κ1) is 22.5. The molecule has 0 fully saturated rings. The Kier molecular flexibility index (Phi) is 8.27. The number of ether oxygens (including phenoxy) is 1. The van der Waals surface area contributed by atoms with Crippen LogP contribution in [0.15, 0.2) is 53.4 Å². The van der Waals surface area contributed by atoms with Gasteiger partial charge in [-0.2, -0.15) is 0 Å². The molecule has 0 saturated heterocycles. The molecular weight excluding hydrogens is 388 g/mol. The highest BCUT2D eigenvalue weighted by Gasteiger charge is 2.21. The van der Waals surface area contributed by atoms with Crippen LogP contribution in [-0.2, 0) is 20.9 Å². The van der Waals surface area contributed by atoms with E-state index in [2.05, 4.69) is 5.32 Å². The fraction of sp³-hybridized carbons (Fsp3) is 0.318. The Morgan fingerprint density at radius 3 is 2.38 bits per heavy atom. The molecule has 29 heavy (non-hydrogen) atoms. The van der Waals surface area contributed by atoms with Gasteiger partial charge in [0.05, 0.1) is 11.3 Å². The predicted molar refractivity (Wildman–Crippen MR) is 114 cm³/mol. The number of hydrogen-bond acceptors (Lipinski definition) is 5. The van der Waals surface area contributed by atoms with Crippen molar-refractivity contribution in [1.82, 2.24) is 10.2 Å². The molecule has 0 saturated carbocycles. The number of nitrogens with zero attached hydrogens (tertiary/aromatic N) is 1. The van der Waals surface area contributed by atoms with E-state index in [0.717, 1.165) is 11.1 Å². The van der Waals surface area contributed by atoms with Crippen molar-refractivity contribution in [3.05, 3.63) is 65.2 Å². The average molecular weight is 415 g/mol. The van der Waals surface area contributed by atoms with Gasteiger partial charge in [0.15, 0.2) is 6.10 Å². The normalized spacial score (nSPS) is 11.4. The van der Waals surface area contributed by atoms with Crippen LogP contribution in [0.2, 0.25) is 0 Å². The van der Waals surface area contributed by atoms with Gasteiger partial charge in [0.25, 0.3) is 5.91 Å². The minimum atomic E-state index is -0.936. The van der Waals surface area contributed by atoms with E-state index in [1.807, 2.05) is 31.2 Å². The van der Waals surface area contributed by atoms with E-state index in [1.165, 1.54) is 23.6 Å². The lowest BCUT2D eigenvalue weighted by Crippen LogP contribution is -2.35. The van der Waals surface area contributed by atoms with E-state index < -0.39 is 12.1 Å². The summed E-state index contributed by atoms with van der Waals surface area (Å²) in [5, 5.41) is 2.77. The van der Waals surface area contributed by atoms with Crippen molar-refractivity contribution in [3.63, 3.8) is 0 Å². The van der Waals surface area contributed by atoms with Gasteiger partial charge < -0.3 is 15.0 Å². The molecule has 0 spiro atoms. The Labute approximate surface area is 175 Å². The molecule has 0 aliphatic rings. The average Bonchev–Trinajstić information content (AvgIpc) is 2.71. The van der Waals surface area contributed by atoms with Gasteiger partial charge in [-0.25, -0.2) is 4.79 Å². The van der Waals surface area contributed by atoms with Gasteiger partial charge in [0, 0.05) is 25.5 Å². The third kappa shape index (κ3) is 6.94. The number of aryl methyl sites for hydroxylation is 1. The molecule has 0 unspecified atom stereocenters. The molecule has 1 atom stereocenters. The lowest BCUT2D eigenvalue weighted by Gasteiger charge is -2.15. The number of thioether (sulfide) groups is 1. The monoisotopic (exact) mass is 414 g/mol. The van der Waals surface area contributed by atoms with E-state index in [1.54, 1.807) is 38.4 Å². The zero-order valence-corrected chi connectivity index (χ0v) is 17.9. The Morgan fingerprint density at radius 1 is 1.07 bits per heavy atom. The zero-order valence-electron chi connectivity index (χ0n) is 17.1. The summed E-state index contributed by atoms with van der Waals surface area (Å²) in [5.41, 5.74) is 2.45. The Balaban J connectivity index is 1.93. The summed E-state index contributed by atoms with van der Waals surface area (Å²) in [6, 6.07) is 14.7. The highest BCUT2D eigenvalue weighted by atomic mass is 32.2. The molecule has 2 aromatic carbocycles. The summed E-state index contributed by atoms with van der Waals surface area (Å²) < 4.78 is 5.34. The van der Waals surface area contributed by atoms with E-state index in [0.29, 0.717) is 17.0 Å². The number of esters is 1. The molecule has 6 nitrogen and oxygen atoms in total. The Morgan fingerprint density at radius 2 is 1.72 bits per heavy atom. The highest BCUT2D eigenvalue weighted by molar-refractivity contribution is 8.00. The van der Waals surface area contributed by atoms with E-state index in [4.69, 9.17) is 4.74 Å². The summed E-state index contributed by atoms with van der Waals surface area (Å²) in [4.78, 5) is 38.8. The minimum Gasteiger partial charge on any atom is -0.449 e. The first-order valence-corrected chi connectivity index (χ1v) is 10.2. The highest BCUT2D eigenvalue weighted by Crippen LogP contribution is 2.24. The Bertz CT molecular complexity index is 865. The topological polar surface area (TPSA) is 75.7 Å². The van der Waals surface area contributed by atoms with Gasteiger partial charge >= 0.3 is 5.97 Å². The zero-order chi connectivity index (χ0) is 21.4. The van der Waals surface area contributed by atoms with E-state index >= 15 is 0 Å². The fourth-order valence-electron chi connectivity index (χ4n) is 2.35. The molecule has 0 bridgehead atoms. The van der Waals surface area contributed by atoms with Gasteiger partial charge in [-0.15, -0.1) is 11.8 Å². The third-order valence-corrected chi connectivity index (χ3v) is 5.26. The minimum absolute atomic E-state index is 0.0537. The maximum atomic E-state index is 12.6. The summed E-state index contributed by atoms with van der Waals surface area (Å²) in [7, 11) is 3.36. The van der Waals surface area contributed by atoms with Crippen LogP contribution >= 0.6 is 11.8 Å². The predicted octanol–water partition coefficient (Wildman–Crippen LogP) is 3.04. The molecule has 2 aromatic rings. The summed E-state index contributed by atoms with van der Waals surface area (Å²) in [5.74, 6) is -0.804. The fourth-order valence-corrected chi connectivity index (χ4v) is 3.36. The molecule has 1 N–H and O–H groups in total. The van der Waals surface area contributed by atoms with E-state index in [9.17, 15) is 14.4 Å². The molecule has 0 aliphatic carbocycles. The Hall–Kier alpha value is -2.80. The van der Waals surface area contributed by atoms with Gasteiger partial charge in [-0.3, -0.25) is 9.59 Å². The van der Waals surface area contributed by atoms with Gasteiger partial charge in [0.1, 0.15) is 0 Å². The maximum absolute atomic E-state index is 12.6. The summed E-state index contributed by atoms with van der Waals surface area (Å²) in [6.07, 6.45) is -0.936. The molecule has 0 radical (unpaired) electrons. The molecule has 0 aliphatic heterocycles. The first-order valence-electron chi connectivity index (χ1n) is 9.24. The van der Waals surface area contributed by atoms with Crippen molar-refractivity contribution < 1.29 is 19.1 Å². The number of carbonyl (C=O) groups is 3. The lowest BCUT2D eigenvalue weighted by atomic mass is 10.1. The number of amides is 2. The second-order valence-corrected chi connectivity index (χ2v) is 7.84. The van der Waals surface area contributed by atoms with Crippen molar-refractivity contribution in [2.45, 2.75) is 31.4 Å². The van der Waals surface area contributed by atoms with Gasteiger partial charge in [-0.05, 0) is 31.5 Å². The summed E-state index contributed by atoms with van der Waals surface area (Å²) >= 11 is 1.26. The van der Waals surface area contributed by atoms with Crippen molar-refractivity contribution in [2.24, 2.45) is 0 Å². The molecule has 2 rings (SSSR count). The molecule has 0 heterocycles. The van der Waals surface area contributed by atoms with Crippen LogP contribution in [-0.4, -0.2) is 48.6 Å². The van der Waals surface area contributed by atoms with Gasteiger partial charge in [0.2, 0.25) is 5.91 Å². The maximum Gasteiger partial charge on any atom is 0.340 e. The van der Waals surface area contributed by atoms with Crippen LogP contribution in [0.1, 0.15) is 28.4 Å². The first-order chi connectivity index (χ1) is 13.8. The molecule has 154 valence electrons. The van der Waals surface area contributed by atoms with Crippen molar-refractivity contribution in [3.8, 4) is 0 Å². The van der Waals surface area contributed by atoms with Crippen LogP contribution in [0.3, 0.4) is 0 Å². The number of rotatable bonds is 8. The number of benzene rings is 2. The van der Waals surface area contributed by atoms with Crippen LogP contribution in [0.25, 0.3) is 0 Å².